The van der Waals surface area contributed by atoms with Gasteiger partial charge in [-0.1, -0.05) is 13.2 Å². The fourth-order valence-corrected chi connectivity index (χ4v) is 1.37. The number of carbonyl (C=O) groups is 2. The third-order valence-electron chi connectivity index (χ3n) is 2.58. The Morgan fingerprint density at radius 1 is 0.947 bits per heavy atom. The Morgan fingerprint density at radius 3 is 2.11 bits per heavy atom. The number of carboxylic acids is 1. The summed E-state index contributed by atoms with van der Waals surface area (Å²) in [6, 6.07) is 0. The van der Waals surface area contributed by atoms with Crippen LogP contribution in [-0.2, 0) is 14.3 Å². The summed E-state index contributed by atoms with van der Waals surface area (Å²) in [5.41, 5.74) is 0.572. The van der Waals surface area contributed by atoms with Gasteiger partial charge in [0.15, 0.2) is 0 Å². The number of carboxylic acid groups (broad SMARTS) is 1. The highest BCUT2D eigenvalue weighted by molar-refractivity contribution is 5.87. The van der Waals surface area contributed by atoms with Gasteiger partial charge >= 0.3 is 11.9 Å². The number of unbranched alkanes of at least 4 members (excludes halogenated alkanes) is 2. The Balaban J connectivity index is 3.60. The summed E-state index contributed by atoms with van der Waals surface area (Å²) in [6.07, 6.45) is 3.49. The molecule has 108 valence electrons. The predicted molar refractivity (Wildman–Crippen MR) is 71.7 cm³/mol. The summed E-state index contributed by atoms with van der Waals surface area (Å²) < 4.78 is 5.00. The van der Waals surface area contributed by atoms with Crippen LogP contribution in [-0.4, -0.2) is 35.4 Å². The molecule has 0 rings (SSSR count). The minimum atomic E-state index is -0.991. The topological polar surface area (TPSA) is 83.8 Å². The first-order valence-corrected chi connectivity index (χ1v) is 6.36. The molecule has 0 aromatic carbocycles. The Labute approximate surface area is 113 Å². The van der Waals surface area contributed by atoms with Crippen molar-refractivity contribution < 1.29 is 24.5 Å². The Bertz CT molecular complexity index is 333. The zero-order valence-electron chi connectivity index (χ0n) is 11.2. The smallest absolute Gasteiger partial charge is 0.333 e. The minimum absolute atomic E-state index is 0.107. The summed E-state index contributed by atoms with van der Waals surface area (Å²) in [5.74, 6) is -1.41. The molecule has 0 saturated carbocycles. The number of ether oxygens (including phenoxy) is 1. The fraction of sp³-hybridized carbons (Fsp3) is 0.571. The molecule has 5 heteroatoms. The van der Waals surface area contributed by atoms with Crippen molar-refractivity contribution in [2.24, 2.45) is 0 Å². The number of hydrogen-bond donors (Lipinski definition) is 2. The molecule has 19 heavy (non-hydrogen) atoms. The van der Waals surface area contributed by atoms with Crippen LogP contribution < -0.4 is 0 Å². The van der Waals surface area contributed by atoms with Crippen LogP contribution in [0.2, 0.25) is 0 Å². The molecule has 0 aliphatic rings. The number of aliphatic hydroxyl groups is 1. The lowest BCUT2D eigenvalue weighted by molar-refractivity contribution is -0.139. The number of hydrogen-bond acceptors (Lipinski definition) is 4. The van der Waals surface area contributed by atoms with Gasteiger partial charge in [-0.05, 0) is 38.5 Å². The highest BCUT2D eigenvalue weighted by Crippen LogP contribution is 2.09. The zero-order valence-corrected chi connectivity index (χ0v) is 11.2. The standard InChI is InChI=1S/C14H22O5/c1-11(13(16)17)7-4-6-10-19-14(18)12(2)8-3-5-9-15/h15H,1-10H2,(H,16,17). The van der Waals surface area contributed by atoms with E-state index in [0.29, 0.717) is 44.1 Å². The van der Waals surface area contributed by atoms with E-state index in [-0.39, 0.29) is 18.8 Å². The minimum Gasteiger partial charge on any atom is -0.478 e. The summed E-state index contributed by atoms with van der Waals surface area (Å²) in [5, 5.41) is 17.2. The highest BCUT2D eigenvalue weighted by Gasteiger charge is 2.08. The van der Waals surface area contributed by atoms with E-state index in [1.54, 1.807) is 0 Å². The van der Waals surface area contributed by atoms with Gasteiger partial charge < -0.3 is 14.9 Å². The average Bonchev–Trinajstić information content (AvgIpc) is 2.37. The molecule has 0 bridgehead atoms. The van der Waals surface area contributed by atoms with Crippen molar-refractivity contribution in [3.63, 3.8) is 0 Å². The van der Waals surface area contributed by atoms with Crippen molar-refractivity contribution in [1.29, 1.82) is 0 Å². The van der Waals surface area contributed by atoms with Crippen LogP contribution in [0.3, 0.4) is 0 Å². The van der Waals surface area contributed by atoms with E-state index >= 15 is 0 Å². The molecular weight excluding hydrogens is 248 g/mol. The van der Waals surface area contributed by atoms with Gasteiger partial charge in [-0.25, -0.2) is 9.59 Å². The predicted octanol–water partition coefficient (Wildman–Crippen LogP) is 2.06. The van der Waals surface area contributed by atoms with Gasteiger partial charge in [0.25, 0.3) is 0 Å². The van der Waals surface area contributed by atoms with E-state index in [1.165, 1.54) is 0 Å². The van der Waals surface area contributed by atoms with Crippen LogP contribution in [0.4, 0.5) is 0 Å². The Kier molecular flexibility index (Phi) is 9.44. The average molecular weight is 270 g/mol. The molecule has 0 aliphatic carbocycles. The molecule has 5 nitrogen and oxygen atoms in total. The first kappa shape index (κ1) is 17.4. The van der Waals surface area contributed by atoms with E-state index in [9.17, 15) is 9.59 Å². The van der Waals surface area contributed by atoms with Crippen molar-refractivity contribution in [3.8, 4) is 0 Å². The molecule has 0 atom stereocenters. The van der Waals surface area contributed by atoms with Crippen LogP contribution >= 0.6 is 0 Å². The van der Waals surface area contributed by atoms with Crippen LogP contribution in [0, 0.1) is 0 Å². The molecule has 0 aromatic rings. The second-order valence-electron chi connectivity index (χ2n) is 4.29. The van der Waals surface area contributed by atoms with E-state index < -0.39 is 11.9 Å². The van der Waals surface area contributed by atoms with Crippen molar-refractivity contribution >= 4 is 11.9 Å². The molecule has 0 saturated heterocycles. The molecule has 0 unspecified atom stereocenters. The molecule has 0 aliphatic heterocycles. The number of esters is 1. The van der Waals surface area contributed by atoms with Crippen LogP contribution in [0.15, 0.2) is 24.3 Å². The quantitative estimate of drug-likeness (QED) is 0.341. The maximum Gasteiger partial charge on any atom is 0.333 e. The van der Waals surface area contributed by atoms with Gasteiger partial charge in [0.05, 0.1) is 6.61 Å². The summed E-state index contributed by atoms with van der Waals surface area (Å²) in [6.45, 7) is 7.41. The normalized spacial score (nSPS) is 9.95. The first-order chi connectivity index (χ1) is 8.99. The molecule has 0 fully saturated rings. The lowest BCUT2D eigenvalue weighted by Gasteiger charge is -2.07. The maximum atomic E-state index is 11.4. The third kappa shape index (κ3) is 9.02. The number of aliphatic carboxylic acids is 1. The van der Waals surface area contributed by atoms with E-state index in [4.69, 9.17) is 14.9 Å². The number of aliphatic hydroxyl groups excluding tert-OH is 1. The van der Waals surface area contributed by atoms with Crippen molar-refractivity contribution in [2.45, 2.75) is 38.5 Å². The van der Waals surface area contributed by atoms with Gasteiger partial charge in [0, 0.05) is 17.8 Å². The molecule has 0 heterocycles. The monoisotopic (exact) mass is 270 g/mol. The largest absolute Gasteiger partial charge is 0.478 e. The summed E-state index contributed by atoms with van der Waals surface area (Å²) in [4.78, 5) is 21.9. The second-order valence-corrected chi connectivity index (χ2v) is 4.29. The van der Waals surface area contributed by atoms with E-state index in [1.807, 2.05) is 0 Å². The van der Waals surface area contributed by atoms with Gasteiger partial charge in [0.2, 0.25) is 0 Å². The van der Waals surface area contributed by atoms with E-state index in [0.717, 1.165) is 0 Å². The Hall–Kier alpha value is -1.62. The molecule has 0 amide bonds. The van der Waals surface area contributed by atoms with Crippen LogP contribution in [0.5, 0.6) is 0 Å². The van der Waals surface area contributed by atoms with Gasteiger partial charge in [0.1, 0.15) is 0 Å². The van der Waals surface area contributed by atoms with Crippen LogP contribution in [0.25, 0.3) is 0 Å². The fourth-order valence-electron chi connectivity index (χ4n) is 1.37. The first-order valence-electron chi connectivity index (χ1n) is 6.36. The lowest BCUT2D eigenvalue weighted by atomic mass is 10.1. The Morgan fingerprint density at radius 2 is 1.53 bits per heavy atom. The maximum absolute atomic E-state index is 11.4. The molecular formula is C14H22O5. The molecule has 0 aromatic heterocycles. The van der Waals surface area contributed by atoms with E-state index in [2.05, 4.69) is 13.2 Å². The van der Waals surface area contributed by atoms with Crippen molar-refractivity contribution in [1.82, 2.24) is 0 Å². The summed E-state index contributed by atoms with van der Waals surface area (Å²) in [7, 11) is 0. The van der Waals surface area contributed by atoms with Crippen LogP contribution in [0.1, 0.15) is 38.5 Å². The van der Waals surface area contributed by atoms with Gasteiger partial charge in [-0.2, -0.15) is 0 Å². The number of carbonyl (C=O) groups excluding carboxylic acids is 1. The van der Waals surface area contributed by atoms with Gasteiger partial charge in [-0.3, -0.25) is 0 Å². The highest BCUT2D eigenvalue weighted by atomic mass is 16.5. The lowest BCUT2D eigenvalue weighted by Crippen LogP contribution is -2.09. The molecule has 0 radical (unpaired) electrons. The SMILES string of the molecule is C=C(CCCCOC(=O)C(=C)CCCCO)C(=O)O. The third-order valence-corrected chi connectivity index (χ3v) is 2.58. The molecule has 2 N–H and O–H groups in total. The van der Waals surface area contributed by atoms with Gasteiger partial charge in [-0.15, -0.1) is 0 Å². The number of rotatable bonds is 11. The summed E-state index contributed by atoms with van der Waals surface area (Å²) >= 11 is 0. The zero-order chi connectivity index (χ0) is 14.7. The molecule has 0 spiro atoms. The van der Waals surface area contributed by atoms with Crippen molar-refractivity contribution in [3.05, 3.63) is 24.3 Å². The second kappa shape index (κ2) is 10.3. The van der Waals surface area contributed by atoms with Crippen molar-refractivity contribution in [2.75, 3.05) is 13.2 Å².